The standard InChI is InChI=1S/C22H24N2O2/c1-4-15(2)17-10-12-19(13-11-17)23-21(25)14-20-16(3)26-22(24-20)18-8-6-5-7-9-18/h5-13,15H,4,14H2,1-3H3,(H,23,25). The van der Waals surface area contributed by atoms with E-state index >= 15 is 0 Å². The lowest BCUT2D eigenvalue weighted by Crippen LogP contribution is -2.15. The Balaban J connectivity index is 1.66. The van der Waals surface area contributed by atoms with E-state index in [4.69, 9.17) is 4.42 Å². The van der Waals surface area contributed by atoms with Gasteiger partial charge in [-0.1, -0.05) is 44.2 Å². The number of hydrogen-bond acceptors (Lipinski definition) is 3. The van der Waals surface area contributed by atoms with E-state index in [-0.39, 0.29) is 12.3 Å². The summed E-state index contributed by atoms with van der Waals surface area (Å²) in [6.45, 7) is 6.21. The largest absolute Gasteiger partial charge is 0.441 e. The lowest BCUT2D eigenvalue weighted by Gasteiger charge is -2.10. The summed E-state index contributed by atoms with van der Waals surface area (Å²) < 4.78 is 5.72. The van der Waals surface area contributed by atoms with Gasteiger partial charge in [0, 0.05) is 11.3 Å². The van der Waals surface area contributed by atoms with Crippen molar-refractivity contribution in [1.29, 1.82) is 0 Å². The summed E-state index contributed by atoms with van der Waals surface area (Å²) in [6, 6.07) is 17.7. The molecule has 1 N–H and O–H groups in total. The molecule has 1 atom stereocenters. The molecule has 3 aromatic rings. The Kier molecular flexibility index (Phi) is 5.52. The molecule has 0 spiro atoms. The van der Waals surface area contributed by atoms with Gasteiger partial charge in [0.1, 0.15) is 5.76 Å². The van der Waals surface area contributed by atoms with Crippen LogP contribution in [0.25, 0.3) is 11.5 Å². The second-order valence-electron chi connectivity index (χ2n) is 6.54. The molecule has 0 radical (unpaired) electrons. The molecule has 3 rings (SSSR count). The van der Waals surface area contributed by atoms with E-state index < -0.39 is 0 Å². The third-order valence-electron chi connectivity index (χ3n) is 4.62. The molecule has 1 amide bonds. The first-order valence-corrected chi connectivity index (χ1v) is 8.98. The number of amides is 1. The Morgan fingerprint density at radius 2 is 1.81 bits per heavy atom. The van der Waals surface area contributed by atoms with E-state index in [0.717, 1.165) is 17.7 Å². The highest BCUT2D eigenvalue weighted by atomic mass is 16.4. The van der Waals surface area contributed by atoms with E-state index in [0.29, 0.717) is 23.3 Å². The van der Waals surface area contributed by atoms with E-state index in [1.807, 2.05) is 49.4 Å². The number of carbonyl (C=O) groups excluding carboxylic acids is 1. The van der Waals surface area contributed by atoms with Crippen molar-refractivity contribution >= 4 is 11.6 Å². The monoisotopic (exact) mass is 348 g/mol. The van der Waals surface area contributed by atoms with Crippen molar-refractivity contribution in [3.63, 3.8) is 0 Å². The zero-order valence-electron chi connectivity index (χ0n) is 15.5. The smallest absolute Gasteiger partial charge is 0.230 e. The lowest BCUT2D eigenvalue weighted by molar-refractivity contribution is -0.115. The highest BCUT2D eigenvalue weighted by molar-refractivity contribution is 5.92. The Morgan fingerprint density at radius 1 is 1.12 bits per heavy atom. The van der Waals surface area contributed by atoms with E-state index in [9.17, 15) is 4.79 Å². The molecular weight excluding hydrogens is 324 g/mol. The lowest BCUT2D eigenvalue weighted by atomic mass is 9.99. The average Bonchev–Trinajstić information content (AvgIpc) is 3.03. The fourth-order valence-corrected chi connectivity index (χ4v) is 2.78. The topological polar surface area (TPSA) is 55.1 Å². The molecule has 4 nitrogen and oxygen atoms in total. The van der Waals surface area contributed by atoms with Gasteiger partial charge in [-0.2, -0.15) is 0 Å². The van der Waals surface area contributed by atoms with Gasteiger partial charge in [0.05, 0.1) is 12.1 Å². The SMILES string of the molecule is CCC(C)c1ccc(NC(=O)Cc2nc(-c3ccccc3)oc2C)cc1. The summed E-state index contributed by atoms with van der Waals surface area (Å²) in [4.78, 5) is 16.8. The van der Waals surface area contributed by atoms with Gasteiger partial charge >= 0.3 is 0 Å². The molecular formula is C22H24N2O2. The molecule has 4 heteroatoms. The van der Waals surface area contributed by atoms with Crippen LogP contribution in [0.3, 0.4) is 0 Å². The van der Waals surface area contributed by atoms with Crippen LogP contribution >= 0.6 is 0 Å². The van der Waals surface area contributed by atoms with Crippen LogP contribution in [0.15, 0.2) is 59.0 Å². The van der Waals surface area contributed by atoms with Crippen LogP contribution < -0.4 is 5.32 Å². The van der Waals surface area contributed by atoms with E-state index in [2.05, 4.69) is 36.3 Å². The second-order valence-corrected chi connectivity index (χ2v) is 6.54. The van der Waals surface area contributed by atoms with Gasteiger partial charge in [-0.3, -0.25) is 4.79 Å². The molecule has 0 saturated carbocycles. The number of anilines is 1. The summed E-state index contributed by atoms with van der Waals surface area (Å²) in [5.74, 6) is 1.64. The molecule has 134 valence electrons. The van der Waals surface area contributed by atoms with Crippen molar-refractivity contribution in [3.05, 3.63) is 71.6 Å². The number of carbonyl (C=O) groups is 1. The van der Waals surface area contributed by atoms with Crippen LogP contribution in [-0.2, 0) is 11.2 Å². The van der Waals surface area contributed by atoms with Crippen LogP contribution in [0.4, 0.5) is 5.69 Å². The predicted molar refractivity (Wildman–Crippen MR) is 104 cm³/mol. The number of aromatic nitrogens is 1. The maximum atomic E-state index is 12.4. The second kappa shape index (κ2) is 8.00. The van der Waals surface area contributed by atoms with Crippen molar-refractivity contribution in [1.82, 2.24) is 4.98 Å². The van der Waals surface area contributed by atoms with Gasteiger partial charge < -0.3 is 9.73 Å². The minimum absolute atomic E-state index is 0.0997. The molecule has 0 bridgehead atoms. The van der Waals surface area contributed by atoms with Crippen LogP contribution in [0.1, 0.15) is 43.2 Å². The molecule has 0 aliphatic heterocycles. The third kappa shape index (κ3) is 4.20. The summed E-state index contributed by atoms with van der Waals surface area (Å²) in [7, 11) is 0. The fourth-order valence-electron chi connectivity index (χ4n) is 2.78. The number of nitrogens with one attached hydrogen (secondary N) is 1. The first kappa shape index (κ1) is 17.9. The number of benzene rings is 2. The maximum Gasteiger partial charge on any atom is 0.230 e. The average molecular weight is 348 g/mol. The fraction of sp³-hybridized carbons (Fsp3) is 0.273. The molecule has 1 aromatic heterocycles. The Hall–Kier alpha value is -2.88. The van der Waals surface area contributed by atoms with Crippen molar-refractivity contribution in [3.8, 4) is 11.5 Å². The van der Waals surface area contributed by atoms with Gasteiger partial charge in [-0.05, 0) is 49.1 Å². The van der Waals surface area contributed by atoms with Crippen LogP contribution in [0, 0.1) is 6.92 Å². The number of aryl methyl sites for hydroxylation is 1. The van der Waals surface area contributed by atoms with Crippen LogP contribution in [0.2, 0.25) is 0 Å². The Morgan fingerprint density at radius 3 is 2.46 bits per heavy atom. The summed E-state index contributed by atoms with van der Waals surface area (Å²) >= 11 is 0. The Bertz CT molecular complexity index is 867. The van der Waals surface area contributed by atoms with Crippen LogP contribution in [0.5, 0.6) is 0 Å². The summed E-state index contributed by atoms with van der Waals surface area (Å²) in [6.07, 6.45) is 1.29. The highest BCUT2D eigenvalue weighted by Crippen LogP contribution is 2.23. The quantitative estimate of drug-likeness (QED) is 0.654. The minimum Gasteiger partial charge on any atom is -0.441 e. The molecule has 1 unspecified atom stereocenters. The molecule has 0 aliphatic carbocycles. The molecule has 0 saturated heterocycles. The van der Waals surface area contributed by atoms with E-state index in [1.54, 1.807) is 0 Å². The van der Waals surface area contributed by atoms with Gasteiger partial charge in [0.25, 0.3) is 0 Å². The molecule has 0 fully saturated rings. The normalized spacial score (nSPS) is 12.0. The Labute approximate surface area is 154 Å². The molecule has 0 aliphatic rings. The summed E-state index contributed by atoms with van der Waals surface area (Å²) in [5, 5.41) is 2.93. The predicted octanol–water partition coefficient (Wildman–Crippen LogP) is 5.34. The van der Waals surface area contributed by atoms with E-state index in [1.165, 1.54) is 5.56 Å². The number of rotatable bonds is 6. The van der Waals surface area contributed by atoms with Crippen molar-refractivity contribution in [2.45, 2.75) is 39.5 Å². The molecule has 2 aromatic carbocycles. The van der Waals surface area contributed by atoms with Gasteiger partial charge in [0.2, 0.25) is 11.8 Å². The summed E-state index contributed by atoms with van der Waals surface area (Å²) in [5.41, 5.74) is 3.65. The van der Waals surface area contributed by atoms with Crippen molar-refractivity contribution in [2.24, 2.45) is 0 Å². The van der Waals surface area contributed by atoms with Gasteiger partial charge in [-0.15, -0.1) is 0 Å². The molecule has 1 heterocycles. The zero-order chi connectivity index (χ0) is 18.5. The maximum absolute atomic E-state index is 12.4. The number of oxazole rings is 1. The van der Waals surface area contributed by atoms with Crippen molar-refractivity contribution < 1.29 is 9.21 Å². The highest BCUT2D eigenvalue weighted by Gasteiger charge is 2.15. The third-order valence-corrected chi connectivity index (χ3v) is 4.62. The number of hydrogen-bond donors (Lipinski definition) is 1. The van der Waals surface area contributed by atoms with Crippen molar-refractivity contribution in [2.75, 3.05) is 5.32 Å². The van der Waals surface area contributed by atoms with Crippen LogP contribution in [-0.4, -0.2) is 10.9 Å². The first-order valence-electron chi connectivity index (χ1n) is 8.98. The number of nitrogens with zero attached hydrogens (tertiary/aromatic N) is 1. The van der Waals surface area contributed by atoms with Gasteiger partial charge in [0.15, 0.2) is 0 Å². The molecule has 26 heavy (non-hydrogen) atoms. The van der Waals surface area contributed by atoms with Gasteiger partial charge in [-0.25, -0.2) is 4.98 Å². The first-order chi connectivity index (χ1) is 12.6. The minimum atomic E-state index is -0.0997. The zero-order valence-corrected chi connectivity index (χ0v) is 15.5.